The highest BCUT2D eigenvalue weighted by Crippen LogP contribution is 2.33. The van der Waals surface area contributed by atoms with Crippen molar-refractivity contribution in [2.75, 3.05) is 30.9 Å². The van der Waals surface area contributed by atoms with Gasteiger partial charge in [-0.3, -0.25) is 0 Å². The van der Waals surface area contributed by atoms with Gasteiger partial charge in [0.2, 0.25) is 0 Å². The number of nitrogens with zero attached hydrogens (tertiary/aromatic N) is 2. The first kappa shape index (κ1) is 10.3. The van der Waals surface area contributed by atoms with Crippen molar-refractivity contribution in [3.63, 3.8) is 0 Å². The van der Waals surface area contributed by atoms with Gasteiger partial charge in [0.05, 0.1) is 6.61 Å². The van der Waals surface area contributed by atoms with Gasteiger partial charge >= 0.3 is 0 Å². The summed E-state index contributed by atoms with van der Waals surface area (Å²) in [4.78, 5) is 9.68. The molecular formula is C10H18N4O. The highest BCUT2D eigenvalue weighted by atomic mass is 16.5. The van der Waals surface area contributed by atoms with Crippen LogP contribution >= 0.6 is 0 Å². The second-order valence-electron chi connectivity index (χ2n) is 3.98. The Balaban J connectivity index is 2.12. The van der Waals surface area contributed by atoms with Crippen LogP contribution < -0.4 is 10.6 Å². The molecule has 1 saturated carbocycles. The molecule has 0 bridgehead atoms. The Morgan fingerprint density at radius 1 is 1.60 bits per heavy atom. The molecule has 1 aliphatic carbocycles. The Morgan fingerprint density at radius 2 is 2.33 bits per heavy atom. The zero-order valence-corrected chi connectivity index (χ0v) is 9.29. The van der Waals surface area contributed by atoms with Crippen LogP contribution in [0, 0.1) is 6.92 Å². The van der Waals surface area contributed by atoms with Crippen molar-refractivity contribution in [1.82, 2.24) is 9.97 Å². The number of nitrogens with two attached hydrogens (primary N) is 1. The number of aromatic nitrogens is 2. The number of hydrogen-bond donors (Lipinski definition) is 2. The van der Waals surface area contributed by atoms with E-state index in [9.17, 15) is 0 Å². The molecule has 0 amide bonds. The number of hydrogen-bond acceptors (Lipinski definition) is 4. The van der Waals surface area contributed by atoms with Gasteiger partial charge in [-0.05, 0) is 19.8 Å². The molecule has 2 rings (SSSR count). The Kier molecular flexibility index (Phi) is 2.81. The third-order valence-electron chi connectivity index (χ3n) is 2.63. The second-order valence-corrected chi connectivity index (χ2v) is 3.98. The minimum absolute atomic E-state index is 0.602. The first-order chi connectivity index (χ1) is 7.22. The number of nitrogens with one attached hydrogen (secondary N) is 1. The molecule has 3 N–H and O–H groups in total. The molecule has 84 valence electrons. The van der Waals surface area contributed by atoms with Gasteiger partial charge in [0, 0.05) is 19.7 Å². The topological polar surface area (TPSA) is 67.2 Å². The Labute approximate surface area is 89.6 Å². The molecule has 0 spiro atoms. The lowest BCUT2D eigenvalue weighted by Gasteiger charge is -2.21. The maximum atomic E-state index is 5.88. The van der Waals surface area contributed by atoms with Crippen molar-refractivity contribution < 1.29 is 4.74 Å². The average molecular weight is 210 g/mol. The maximum Gasteiger partial charge on any atom is 0.171 e. The average Bonchev–Trinajstić information content (AvgIpc) is 2.95. The fourth-order valence-electron chi connectivity index (χ4n) is 1.75. The number of ether oxygens (including phenoxy) is 1. The maximum absolute atomic E-state index is 5.88. The lowest BCUT2D eigenvalue weighted by Crippen LogP contribution is -2.30. The fraction of sp³-hybridized carbons (Fsp3) is 0.700. The Hall–Kier alpha value is -1.23. The zero-order chi connectivity index (χ0) is 10.8. The van der Waals surface area contributed by atoms with Gasteiger partial charge in [0.15, 0.2) is 5.82 Å². The van der Waals surface area contributed by atoms with E-state index < -0.39 is 0 Å². The van der Waals surface area contributed by atoms with E-state index in [0.717, 1.165) is 18.2 Å². The minimum atomic E-state index is 0.602. The summed E-state index contributed by atoms with van der Waals surface area (Å²) in [5.74, 6) is 2.41. The molecule has 0 aliphatic heterocycles. The zero-order valence-electron chi connectivity index (χ0n) is 9.29. The van der Waals surface area contributed by atoms with Gasteiger partial charge in [-0.25, -0.2) is 4.98 Å². The molecule has 0 aromatic carbocycles. The number of aromatic amines is 1. The van der Waals surface area contributed by atoms with Crippen LogP contribution in [0.25, 0.3) is 0 Å². The van der Waals surface area contributed by atoms with Gasteiger partial charge < -0.3 is 20.4 Å². The Morgan fingerprint density at radius 3 is 2.80 bits per heavy atom. The smallest absolute Gasteiger partial charge is 0.171 e. The van der Waals surface area contributed by atoms with E-state index in [1.54, 1.807) is 7.11 Å². The van der Waals surface area contributed by atoms with E-state index in [1.165, 1.54) is 12.8 Å². The predicted molar refractivity (Wildman–Crippen MR) is 60.0 cm³/mol. The summed E-state index contributed by atoms with van der Waals surface area (Å²) < 4.78 is 5.10. The largest absolute Gasteiger partial charge is 0.383 e. The standard InChI is InChI=1S/C10H18N4O/c1-7-12-9(11)10(13-7)14(5-6-15-2)8-3-4-8/h8H,3-6,11H2,1-2H3,(H,12,13). The molecule has 5 nitrogen and oxygen atoms in total. The summed E-state index contributed by atoms with van der Waals surface area (Å²) in [7, 11) is 1.71. The molecule has 0 atom stereocenters. The number of anilines is 2. The van der Waals surface area contributed by atoms with Crippen molar-refractivity contribution in [3.05, 3.63) is 5.82 Å². The third-order valence-corrected chi connectivity index (χ3v) is 2.63. The first-order valence-corrected chi connectivity index (χ1v) is 5.30. The number of imidazole rings is 1. The summed E-state index contributed by atoms with van der Waals surface area (Å²) in [6.45, 7) is 3.48. The molecule has 1 heterocycles. The van der Waals surface area contributed by atoms with E-state index in [4.69, 9.17) is 10.5 Å². The van der Waals surface area contributed by atoms with Gasteiger partial charge in [0.25, 0.3) is 0 Å². The number of H-pyrrole nitrogens is 1. The lowest BCUT2D eigenvalue weighted by molar-refractivity contribution is 0.205. The molecule has 1 aliphatic rings. The van der Waals surface area contributed by atoms with Gasteiger partial charge in [-0.1, -0.05) is 0 Å². The van der Waals surface area contributed by atoms with Crippen molar-refractivity contribution >= 4 is 11.6 Å². The van der Waals surface area contributed by atoms with E-state index >= 15 is 0 Å². The molecule has 0 saturated heterocycles. The van der Waals surface area contributed by atoms with Crippen molar-refractivity contribution in [1.29, 1.82) is 0 Å². The van der Waals surface area contributed by atoms with Gasteiger partial charge in [-0.15, -0.1) is 0 Å². The highest BCUT2D eigenvalue weighted by molar-refractivity contribution is 5.60. The summed E-state index contributed by atoms with van der Waals surface area (Å²) in [6, 6.07) is 0.602. The number of rotatable bonds is 5. The summed E-state index contributed by atoms with van der Waals surface area (Å²) >= 11 is 0. The molecule has 1 aromatic rings. The van der Waals surface area contributed by atoms with E-state index in [2.05, 4.69) is 14.9 Å². The minimum Gasteiger partial charge on any atom is -0.383 e. The molecule has 1 fully saturated rings. The summed E-state index contributed by atoms with van der Waals surface area (Å²) in [6.07, 6.45) is 2.46. The quantitative estimate of drug-likeness (QED) is 0.758. The molecule has 0 unspecified atom stereocenters. The first-order valence-electron chi connectivity index (χ1n) is 5.30. The normalized spacial score (nSPS) is 15.6. The molecular weight excluding hydrogens is 192 g/mol. The van der Waals surface area contributed by atoms with Crippen LogP contribution in [0.2, 0.25) is 0 Å². The lowest BCUT2D eigenvalue weighted by atomic mass is 10.4. The van der Waals surface area contributed by atoms with E-state index in [-0.39, 0.29) is 0 Å². The summed E-state index contributed by atoms with van der Waals surface area (Å²) in [5, 5.41) is 0. The monoisotopic (exact) mass is 210 g/mol. The number of aryl methyl sites for hydroxylation is 1. The van der Waals surface area contributed by atoms with Gasteiger partial charge in [0.1, 0.15) is 11.6 Å². The van der Waals surface area contributed by atoms with Crippen molar-refractivity contribution in [2.24, 2.45) is 0 Å². The second kappa shape index (κ2) is 4.10. The SMILES string of the molecule is COCCN(c1nc(C)[nH]c1N)C1CC1. The van der Waals surface area contributed by atoms with Crippen molar-refractivity contribution in [2.45, 2.75) is 25.8 Å². The van der Waals surface area contributed by atoms with E-state index in [1.807, 2.05) is 6.92 Å². The van der Waals surface area contributed by atoms with Crippen LogP contribution in [0.15, 0.2) is 0 Å². The van der Waals surface area contributed by atoms with Crippen LogP contribution in [0.4, 0.5) is 11.6 Å². The van der Waals surface area contributed by atoms with Crippen LogP contribution in [0.1, 0.15) is 18.7 Å². The van der Waals surface area contributed by atoms with Crippen LogP contribution in [0.3, 0.4) is 0 Å². The number of methoxy groups -OCH3 is 1. The predicted octanol–water partition coefficient (Wildman–Crippen LogP) is 0.916. The van der Waals surface area contributed by atoms with Crippen LogP contribution in [-0.4, -0.2) is 36.3 Å². The van der Waals surface area contributed by atoms with Gasteiger partial charge in [-0.2, -0.15) is 0 Å². The molecule has 0 radical (unpaired) electrons. The Bertz CT molecular complexity index is 332. The summed E-state index contributed by atoms with van der Waals surface area (Å²) in [5.41, 5.74) is 5.88. The molecule has 15 heavy (non-hydrogen) atoms. The highest BCUT2D eigenvalue weighted by Gasteiger charge is 2.31. The fourth-order valence-corrected chi connectivity index (χ4v) is 1.75. The number of nitrogen functional groups attached to an aromatic ring is 1. The van der Waals surface area contributed by atoms with Crippen LogP contribution in [-0.2, 0) is 4.74 Å². The molecule has 5 heteroatoms. The van der Waals surface area contributed by atoms with E-state index in [0.29, 0.717) is 18.5 Å². The third kappa shape index (κ3) is 2.23. The van der Waals surface area contributed by atoms with Crippen LogP contribution in [0.5, 0.6) is 0 Å². The molecule has 1 aromatic heterocycles. The van der Waals surface area contributed by atoms with Crippen molar-refractivity contribution in [3.8, 4) is 0 Å².